The highest BCUT2D eigenvalue weighted by Gasteiger charge is 2.25. The smallest absolute Gasteiger partial charge is 0.246 e. The lowest BCUT2D eigenvalue weighted by atomic mass is 10.3. The maximum Gasteiger partial charge on any atom is 0.246 e. The molecule has 1 aliphatic rings. The van der Waals surface area contributed by atoms with Crippen LogP contribution in [0.3, 0.4) is 0 Å². The molecule has 1 aromatic rings. The summed E-state index contributed by atoms with van der Waals surface area (Å²) >= 11 is 0. The summed E-state index contributed by atoms with van der Waals surface area (Å²) in [5.41, 5.74) is 0.918. The van der Waals surface area contributed by atoms with Gasteiger partial charge < -0.3 is 9.64 Å². The minimum absolute atomic E-state index is 0.0195. The van der Waals surface area contributed by atoms with E-state index >= 15 is 0 Å². The van der Waals surface area contributed by atoms with Gasteiger partial charge in [0.05, 0.1) is 18.4 Å². The molecule has 0 saturated carbocycles. The van der Waals surface area contributed by atoms with Gasteiger partial charge in [-0.2, -0.15) is 0 Å². The number of hydrogen-bond donors (Lipinski definition) is 0. The summed E-state index contributed by atoms with van der Waals surface area (Å²) in [4.78, 5) is 17.3. The first kappa shape index (κ1) is 11.8. The van der Waals surface area contributed by atoms with E-state index in [1.165, 1.54) is 6.08 Å². The van der Waals surface area contributed by atoms with Crippen LogP contribution in [0.4, 0.5) is 0 Å². The Hall–Kier alpha value is -1.68. The van der Waals surface area contributed by atoms with Crippen molar-refractivity contribution in [2.24, 2.45) is 0 Å². The minimum Gasteiger partial charge on any atom is -0.370 e. The number of rotatable bonds is 4. The number of likely N-dealkylation sites (tertiary alicyclic amines) is 1. The average Bonchev–Trinajstić information content (AvgIpc) is 2.85. The average molecular weight is 232 g/mol. The number of nitrogens with zero attached hydrogens (tertiary/aromatic N) is 2. The molecule has 0 spiro atoms. The monoisotopic (exact) mass is 232 g/mol. The van der Waals surface area contributed by atoms with Crippen molar-refractivity contribution in [1.29, 1.82) is 0 Å². The van der Waals surface area contributed by atoms with Gasteiger partial charge in [-0.25, -0.2) is 0 Å². The van der Waals surface area contributed by atoms with Crippen LogP contribution < -0.4 is 0 Å². The second kappa shape index (κ2) is 5.59. The molecule has 1 amide bonds. The van der Waals surface area contributed by atoms with Gasteiger partial charge in [-0.15, -0.1) is 0 Å². The topological polar surface area (TPSA) is 42.4 Å². The normalized spacial score (nSPS) is 19.3. The number of carbonyl (C=O) groups excluding carboxylic acids is 1. The van der Waals surface area contributed by atoms with Gasteiger partial charge in [0.15, 0.2) is 0 Å². The fourth-order valence-corrected chi connectivity index (χ4v) is 1.88. The highest BCUT2D eigenvalue weighted by Crippen LogP contribution is 2.14. The zero-order chi connectivity index (χ0) is 12.1. The van der Waals surface area contributed by atoms with E-state index in [1.54, 1.807) is 11.1 Å². The van der Waals surface area contributed by atoms with Crippen molar-refractivity contribution in [1.82, 2.24) is 9.88 Å². The SMILES string of the molecule is C=CC(=O)N1CCC(OCc2ccccn2)C1. The number of pyridine rings is 1. The lowest BCUT2D eigenvalue weighted by Gasteiger charge is -2.14. The van der Waals surface area contributed by atoms with Gasteiger partial charge in [0, 0.05) is 19.3 Å². The molecule has 1 atom stereocenters. The Bertz CT molecular complexity index is 392. The first-order valence-electron chi connectivity index (χ1n) is 5.72. The third-order valence-electron chi connectivity index (χ3n) is 2.82. The first-order valence-corrected chi connectivity index (χ1v) is 5.72. The van der Waals surface area contributed by atoms with E-state index < -0.39 is 0 Å². The molecule has 17 heavy (non-hydrogen) atoms. The van der Waals surface area contributed by atoms with Crippen molar-refractivity contribution < 1.29 is 9.53 Å². The van der Waals surface area contributed by atoms with Crippen LogP contribution in [0.1, 0.15) is 12.1 Å². The highest BCUT2D eigenvalue weighted by atomic mass is 16.5. The number of aromatic nitrogens is 1. The van der Waals surface area contributed by atoms with Crippen LogP contribution in [0, 0.1) is 0 Å². The van der Waals surface area contributed by atoms with E-state index in [9.17, 15) is 4.79 Å². The van der Waals surface area contributed by atoms with Crippen molar-refractivity contribution in [3.05, 3.63) is 42.7 Å². The van der Waals surface area contributed by atoms with Crippen LogP contribution >= 0.6 is 0 Å². The molecular weight excluding hydrogens is 216 g/mol. The third-order valence-corrected chi connectivity index (χ3v) is 2.82. The molecule has 0 N–H and O–H groups in total. The van der Waals surface area contributed by atoms with Crippen LogP contribution in [-0.4, -0.2) is 35.0 Å². The molecule has 4 nitrogen and oxygen atoms in total. The maximum atomic E-state index is 11.4. The number of hydrogen-bond acceptors (Lipinski definition) is 3. The second-order valence-electron chi connectivity index (χ2n) is 4.03. The molecule has 2 heterocycles. The fourth-order valence-electron chi connectivity index (χ4n) is 1.88. The Morgan fingerprint density at radius 2 is 2.53 bits per heavy atom. The van der Waals surface area contributed by atoms with Crippen LogP contribution in [0.15, 0.2) is 37.1 Å². The summed E-state index contributed by atoms with van der Waals surface area (Å²) < 4.78 is 5.72. The molecule has 1 saturated heterocycles. The number of amides is 1. The summed E-state index contributed by atoms with van der Waals surface area (Å²) in [6, 6.07) is 5.75. The molecule has 0 aromatic carbocycles. The van der Waals surface area contributed by atoms with Gasteiger partial charge in [0.2, 0.25) is 5.91 Å². The van der Waals surface area contributed by atoms with Crippen molar-refractivity contribution in [2.45, 2.75) is 19.1 Å². The van der Waals surface area contributed by atoms with E-state index in [0.29, 0.717) is 13.2 Å². The third kappa shape index (κ3) is 3.14. The predicted molar refractivity (Wildman–Crippen MR) is 64.2 cm³/mol. The van der Waals surface area contributed by atoms with Gasteiger partial charge in [-0.1, -0.05) is 12.6 Å². The van der Waals surface area contributed by atoms with Gasteiger partial charge in [-0.3, -0.25) is 9.78 Å². The van der Waals surface area contributed by atoms with Gasteiger partial charge in [0.25, 0.3) is 0 Å². The Kier molecular flexibility index (Phi) is 3.88. The van der Waals surface area contributed by atoms with E-state index in [2.05, 4.69) is 11.6 Å². The van der Waals surface area contributed by atoms with Crippen LogP contribution in [0.2, 0.25) is 0 Å². The molecule has 1 unspecified atom stereocenters. The quantitative estimate of drug-likeness (QED) is 0.737. The van der Waals surface area contributed by atoms with Gasteiger partial charge in [-0.05, 0) is 24.6 Å². The minimum atomic E-state index is -0.0195. The highest BCUT2D eigenvalue weighted by molar-refractivity contribution is 5.87. The standard InChI is InChI=1S/C13H16N2O2/c1-2-13(16)15-8-6-12(9-15)17-10-11-5-3-4-7-14-11/h2-5,7,12H,1,6,8-10H2. The summed E-state index contributed by atoms with van der Waals surface area (Å²) in [6.07, 6.45) is 4.09. The van der Waals surface area contributed by atoms with Gasteiger partial charge >= 0.3 is 0 Å². The molecule has 1 aliphatic heterocycles. The summed E-state index contributed by atoms with van der Waals surface area (Å²) in [5.74, 6) is -0.0195. The van der Waals surface area contributed by atoms with Gasteiger partial charge in [0.1, 0.15) is 0 Å². The van der Waals surface area contributed by atoms with Crippen LogP contribution in [0.25, 0.3) is 0 Å². The van der Waals surface area contributed by atoms with E-state index in [4.69, 9.17) is 4.74 Å². The Balaban J connectivity index is 1.79. The molecule has 0 bridgehead atoms. The molecule has 1 aromatic heterocycles. The Labute approximate surface area is 101 Å². The molecule has 2 rings (SSSR count). The predicted octanol–water partition coefficient (Wildman–Crippen LogP) is 1.39. The molecule has 90 valence electrons. The maximum absolute atomic E-state index is 11.4. The Morgan fingerprint density at radius 1 is 1.65 bits per heavy atom. The molecule has 0 aliphatic carbocycles. The molecule has 1 fully saturated rings. The largest absolute Gasteiger partial charge is 0.370 e. The lowest BCUT2D eigenvalue weighted by Crippen LogP contribution is -2.28. The van der Waals surface area contributed by atoms with Crippen molar-refractivity contribution in [3.63, 3.8) is 0 Å². The summed E-state index contributed by atoms with van der Waals surface area (Å²) in [6.45, 7) is 5.38. The van der Waals surface area contributed by atoms with Crippen LogP contribution in [0.5, 0.6) is 0 Å². The number of ether oxygens (including phenoxy) is 1. The van der Waals surface area contributed by atoms with E-state index in [0.717, 1.165) is 18.7 Å². The lowest BCUT2D eigenvalue weighted by molar-refractivity contribution is -0.125. The van der Waals surface area contributed by atoms with Crippen molar-refractivity contribution >= 4 is 5.91 Å². The molecule has 4 heteroatoms. The summed E-state index contributed by atoms with van der Waals surface area (Å²) in [5, 5.41) is 0. The molecular formula is C13H16N2O2. The zero-order valence-electron chi connectivity index (χ0n) is 9.71. The van der Waals surface area contributed by atoms with Crippen molar-refractivity contribution in [3.8, 4) is 0 Å². The zero-order valence-corrected chi connectivity index (χ0v) is 9.71. The molecule has 0 radical (unpaired) electrons. The van der Waals surface area contributed by atoms with Crippen LogP contribution in [-0.2, 0) is 16.1 Å². The van der Waals surface area contributed by atoms with Crippen molar-refractivity contribution in [2.75, 3.05) is 13.1 Å². The van der Waals surface area contributed by atoms with E-state index in [1.807, 2.05) is 18.2 Å². The Morgan fingerprint density at radius 3 is 3.24 bits per heavy atom. The number of carbonyl (C=O) groups is 1. The fraction of sp³-hybridized carbons (Fsp3) is 0.385. The summed E-state index contributed by atoms with van der Waals surface area (Å²) in [7, 11) is 0. The van der Waals surface area contributed by atoms with E-state index in [-0.39, 0.29) is 12.0 Å². The second-order valence-corrected chi connectivity index (χ2v) is 4.03. The first-order chi connectivity index (χ1) is 8.29.